The molecule has 0 radical (unpaired) electrons. The number of rotatable bonds is 5. The van der Waals surface area contributed by atoms with Gasteiger partial charge < -0.3 is 15.0 Å². The van der Waals surface area contributed by atoms with Crippen LogP contribution in [0.4, 0.5) is 0 Å². The van der Waals surface area contributed by atoms with Gasteiger partial charge in [-0.25, -0.2) is 0 Å². The standard InChI is InChI=1S/C17H20N2O2/c20-16(18-13-17(21)9-5-10-17)15-8-4-11-19(15)12-14-6-2-1-3-7-14/h1-4,6-8,11,21H,5,9-10,12-13H2,(H,18,20). The smallest absolute Gasteiger partial charge is 0.268 e. The van der Waals surface area contributed by atoms with E-state index in [2.05, 4.69) is 5.32 Å². The van der Waals surface area contributed by atoms with Crippen molar-refractivity contribution in [2.75, 3.05) is 6.54 Å². The molecule has 1 aliphatic carbocycles. The number of aromatic nitrogens is 1. The zero-order chi connectivity index (χ0) is 14.7. The van der Waals surface area contributed by atoms with E-state index in [0.717, 1.165) is 24.8 Å². The molecule has 21 heavy (non-hydrogen) atoms. The molecule has 4 nitrogen and oxygen atoms in total. The number of carbonyl (C=O) groups is 1. The largest absolute Gasteiger partial charge is 0.388 e. The number of hydrogen-bond acceptors (Lipinski definition) is 2. The third-order valence-electron chi connectivity index (χ3n) is 4.12. The van der Waals surface area contributed by atoms with Gasteiger partial charge in [0.25, 0.3) is 5.91 Å². The van der Waals surface area contributed by atoms with Crippen LogP contribution in [0, 0.1) is 0 Å². The van der Waals surface area contributed by atoms with E-state index in [4.69, 9.17) is 0 Å². The van der Waals surface area contributed by atoms with E-state index in [1.165, 1.54) is 0 Å². The fraction of sp³-hybridized carbons (Fsp3) is 0.353. The molecule has 3 rings (SSSR count). The number of carbonyl (C=O) groups excluding carboxylic acids is 1. The summed E-state index contributed by atoms with van der Waals surface area (Å²) in [6, 6.07) is 13.7. The van der Waals surface area contributed by atoms with Crippen molar-refractivity contribution in [3.63, 3.8) is 0 Å². The van der Waals surface area contributed by atoms with E-state index in [0.29, 0.717) is 18.8 Å². The van der Waals surface area contributed by atoms with Crippen molar-refractivity contribution in [2.24, 2.45) is 0 Å². The lowest BCUT2D eigenvalue weighted by molar-refractivity contribution is -0.0301. The van der Waals surface area contributed by atoms with Crippen LogP contribution in [-0.2, 0) is 6.54 Å². The molecular weight excluding hydrogens is 264 g/mol. The molecule has 1 heterocycles. The summed E-state index contributed by atoms with van der Waals surface area (Å²) in [7, 11) is 0. The Morgan fingerprint density at radius 2 is 1.95 bits per heavy atom. The van der Waals surface area contributed by atoms with Gasteiger partial charge in [0.15, 0.2) is 0 Å². The van der Waals surface area contributed by atoms with Crippen molar-refractivity contribution in [1.29, 1.82) is 0 Å². The third kappa shape index (κ3) is 3.16. The minimum atomic E-state index is -0.688. The topological polar surface area (TPSA) is 54.3 Å². The number of nitrogens with zero attached hydrogens (tertiary/aromatic N) is 1. The van der Waals surface area contributed by atoms with Crippen LogP contribution in [0.1, 0.15) is 35.3 Å². The molecule has 0 spiro atoms. The summed E-state index contributed by atoms with van der Waals surface area (Å²) in [5.41, 5.74) is 1.09. The Morgan fingerprint density at radius 1 is 1.19 bits per heavy atom. The van der Waals surface area contributed by atoms with Crippen LogP contribution in [0.2, 0.25) is 0 Å². The van der Waals surface area contributed by atoms with Gasteiger partial charge in [0.2, 0.25) is 0 Å². The van der Waals surface area contributed by atoms with Gasteiger partial charge >= 0.3 is 0 Å². The number of amides is 1. The first-order valence-corrected chi connectivity index (χ1v) is 7.36. The van der Waals surface area contributed by atoms with Crippen LogP contribution in [0.15, 0.2) is 48.7 Å². The Bertz CT molecular complexity index is 615. The minimum absolute atomic E-state index is 0.128. The minimum Gasteiger partial charge on any atom is -0.388 e. The summed E-state index contributed by atoms with van der Waals surface area (Å²) in [4.78, 5) is 12.3. The maximum Gasteiger partial charge on any atom is 0.268 e. The molecule has 1 amide bonds. The van der Waals surface area contributed by atoms with E-state index < -0.39 is 5.60 Å². The van der Waals surface area contributed by atoms with E-state index in [-0.39, 0.29) is 5.91 Å². The van der Waals surface area contributed by atoms with Gasteiger partial charge in [-0.2, -0.15) is 0 Å². The maximum atomic E-state index is 12.3. The van der Waals surface area contributed by atoms with E-state index in [1.807, 2.05) is 53.2 Å². The molecule has 0 bridgehead atoms. The van der Waals surface area contributed by atoms with Gasteiger partial charge in [0, 0.05) is 19.3 Å². The first-order valence-electron chi connectivity index (χ1n) is 7.36. The Kier molecular flexibility index (Phi) is 3.80. The molecule has 1 saturated carbocycles. The fourth-order valence-corrected chi connectivity index (χ4v) is 2.64. The molecular formula is C17H20N2O2. The van der Waals surface area contributed by atoms with Crippen LogP contribution in [-0.4, -0.2) is 27.7 Å². The fourth-order valence-electron chi connectivity index (χ4n) is 2.64. The number of nitrogens with one attached hydrogen (secondary N) is 1. The van der Waals surface area contributed by atoms with Crippen LogP contribution in [0.3, 0.4) is 0 Å². The van der Waals surface area contributed by atoms with Gasteiger partial charge in [0.05, 0.1) is 5.60 Å². The van der Waals surface area contributed by atoms with Crippen LogP contribution >= 0.6 is 0 Å². The normalized spacial score (nSPS) is 16.2. The van der Waals surface area contributed by atoms with E-state index in [1.54, 1.807) is 0 Å². The highest BCUT2D eigenvalue weighted by molar-refractivity contribution is 5.92. The molecule has 1 fully saturated rings. The van der Waals surface area contributed by atoms with Crippen molar-refractivity contribution >= 4 is 5.91 Å². The summed E-state index contributed by atoms with van der Waals surface area (Å²) < 4.78 is 1.93. The molecule has 2 aromatic rings. The van der Waals surface area contributed by atoms with Crippen molar-refractivity contribution in [2.45, 2.75) is 31.4 Å². The van der Waals surface area contributed by atoms with Crippen molar-refractivity contribution in [1.82, 2.24) is 9.88 Å². The molecule has 4 heteroatoms. The van der Waals surface area contributed by atoms with Crippen molar-refractivity contribution in [3.05, 3.63) is 59.9 Å². The lowest BCUT2D eigenvalue weighted by atomic mass is 9.80. The quantitative estimate of drug-likeness (QED) is 0.884. The average Bonchev–Trinajstić information content (AvgIpc) is 2.92. The highest BCUT2D eigenvalue weighted by Gasteiger charge is 2.34. The monoisotopic (exact) mass is 284 g/mol. The maximum absolute atomic E-state index is 12.3. The third-order valence-corrected chi connectivity index (χ3v) is 4.12. The molecule has 1 aromatic heterocycles. The van der Waals surface area contributed by atoms with Crippen LogP contribution < -0.4 is 5.32 Å². The number of aliphatic hydroxyl groups is 1. The van der Waals surface area contributed by atoms with Gasteiger partial charge in [-0.3, -0.25) is 4.79 Å². The first kappa shape index (κ1) is 13.9. The van der Waals surface area contributed by atoms with Gasteiger partial charge in [0.1, 0.15) is 5.69 Å². The van der Waals surface area contributed by atoms with Gasteiger partial charge in [-0.15, -0.1) is 0 Å². The number of hydrogen-bond donors (Lipinski definition) is 2. The Labute approximate surface area is 124 Å². The summed E-state index contributed by atoms with van der Waals surface area (Å²) in [5, 5.41) is 12.9. The van der Waals surface area contributed by atoms with E-state index in [9.17, 15) is 9.90 Å². The molecule has 1 aliphatic rings. The lowest BCUT2D eigenvalue weighted by Crippen LogP contribution is -2.48. The highest BCUT2D eigenvalue weighted by atomic mass is 16.3. The molecule has 0 aliphatic heterocycles. The van der Waals surface area contributed by atoms with Gasteiger partial charge in [-0.05, 0) is 37.0 Å². The van der Waals surface area contributed by atoms with Crippen molar-refractivity contribution < 1.29 is 9.90 Å². The predicted octanol–water partition coefficient (Wildman–Crippen LogP) is 2.18. The van der Waals surface area contributed by atoms with Crippen LogP contribution in [0.25, 0.3) is 0 Å². The Hall–Kier alpha value is -2.07. The Morgan fingerprint density at radius 3 is 2.62 bits per heavy atom. The summed E-state index contributed by atoms with van der Waals surface area (Å²) in [6.45, 7) is 1.00. The molecule has 110 valence electrons. The second-order valence-corrected chi connectivity index (χ2v) is 5.77. The lowest BCUT2D eigenvalue weighted by Gasteiger charge is -2.36. The second kappa shape index (κ2) is 5.74. The summed E-state index contributed by atoms with van der Waals surface area (Å²) >= 11 is 0. The van der Waals surface area contributed by atoms with Crippen LogP contribution in [0.5, 0.6) is 0 Å². The zero-order valence-corrected chi connectivity index (χ0v) is 12.0. The molecule has 1 aromatic carbocycles. The summed E-state index contributed by atoms with van der Waals surface area (Å²) in [6.07, 6.45) is 4.49. The first-order chi connectivity index (χ1) is 10.2. The molecule has 0 saturated heterocycles. The number of benzene rings is 1. The van der Waals surface area contributed by atoms with Crippen molar-refractivity contribution in [3.8, 4) is 0 Å². The zero-order valence-electron chi connectivity index (χ0n) is 12.0. The second-order valence-electron chi connectivity index (χ2n) is 5.77. The highest BCUT2D eigenvalue weighted by Crippen LogP contribution is 2.30. The summed E-state index contributed by atoms with van der Waals surface area (Å²) in [5.74, 6) is -0.128. The Balaban J connectivity index is 1.65. The predicted molar refractivity (Wildman–Crippen MR) is 81.1 cm³/mol. The molecule has 0 atom stereocenters. The SMILES string of the molecule is O=C(NCC1(O)CCC1)c1cccn1Cc1ccccc1. The van der Waals surface area contributed by atoms with E-state index >= 15 is 0 Å². The molecule has 2 N–H and O–H groups in total. The van der Waals surface area contributed by atoms with Gasteiger partial charge in [-0.1, -0.05) is 30.3 Å². The molecule has 0 unspecified atom stereocenters. The average molecular weight is 284 g/mol.